The molecular weight excluding hydrogens is 412 g/mol. The molecule has 0 saturated carbocycles. The number of hydrogen-bond acceptors (Lipinski definition) is 7. The molecule has 0 bridgehead atoms. The van der Waals surface area contributed by atoms with E-state index in [4.69, 9.17) is 14.2 Å². The first-order chi connectivity index (χ1) is 14.8. The Balaban J connectivity index is 2.08. The van der Waals surface area contributed by atoms with Gasteiger partial charge in [0.2, 0.25) is 0 Å². The Labute approximate surface area is 190 Å². The van der Waals surface area contributed by atoms with Crippen molar-refractivity contribution in [3.63, 3.8) is 0 Å². The zero-order valence-corrected chi connectivity index (χ0v) is 20.3. The van der Waals surface area contributed by atoms with Crippen LogP contribution < -0.4 is 0 Å². The van der Waals surface area contributed by atoms with Gasteiger partial charge in [0.15, 0.2) is 5.79 Å². The molecule has 32 heavy (non-hydrogen) atoms. The molecule has 2 N–H and O–H groups in total. The van der Waals surface area contributed by atoms with E-state index in [0.717, 1.165) is 5.57 Å². The maximum atomic E-state index is 12.6. The Morgan fingerprint density at radius 1 is 1.31 bits per heavy atom. The van der Waals surface area contributed by atoms with Crippen LogP contribution in [0.4, 0.5) is 0 Å². The van der Waals surface area contributed by atoms with Crippen LogP contribution in [0, 0.1) is 29.6 Å². The normalized spacial score (nSPS) is 42.8. The highest BCUT2D eigenvalue weighted by atomic mass is 16.6. The number of carbonyl (C=O) groups excluding carboxylic acids is 2. The third-order valence-corrected chi connectivity index (χ3v) is 7.85. The molecule has 2 aliphatic heterocycles. The molecule has 7 heteroatoms. The predicted octanol–water partition coefficient (Wildman–Crippen LogP) is 3.14. The van der Waals surface area contributed by atoms with Crippen LogP contribution in [0.1, 0.15) is 60.8 Å². The Morgan fingerprint density at radius 2 is 1.97 bits per heavy atom. The second kappa shape index (κ2) is 8.92. The number of esters is 2. The van der Waals surface area contributed by atoms with Crippen LogP contribution in [0.3, 0.4) is 0 Å². The number of aliphatic hydroxyl groups is 2. The molecule has 0 spiro atoms. The van der Waals surface area contributed by atoms with E-state index >= 15 is 0 Å². The first kappa shape index (κ1) is 24.9. The summed E-state index contributed by atoms with van der Waals surface area (Å²) in [6.45, 7) is 11.4. The van der Waals surface area contributed by atoms with Gasteiger partial charge in [-0.05, 0) is 51.5 Å². The summed E-state index contributed by atoms with van der Waals surface area (Å²) in [4.78, 5) is 25.0. The molecule has 0 radical (unpaired) electrons. The molecule has 0 amide bonds. The molecule has 8 atom stereocenters. The number of carbonyl (C=O) groups is 2. The largest absolute Gasteiger partial charge is 0.469 e. The maximum Gasteiger partial charge on any atom is 0.331 e. The number of hydrogen-bond donors (Lipinski definition) is 2. The van der Waals surface area contributed by atoms with Gasteiger partial charge in [0, 0.05) is 23.8 Å². The lowest BCUT2D eigenvalue weighted by atomic mass is 9.71. The summed E-state index contributed by atoms with van der Waals surface area (Å²) in [5, 5.41) is 22.8. The number of aliphatic hydroxyl groups excluding tert-OH is 1. The summed E-state index contributed by atoms with van der Waals surface area (Å²) in [6, 6.07) is 0. The average Bonchev–Trinajstić information content (AvgIpc) is 2.96. The van der Waals surface area contributed by atoms with E-state index in [1.165, 1.54) is 7.11 Å². The molecule has 1 saturated heterocycles. The molecule has 1 fully saturated rings. The molecule has 0 aromatic carbocycles. The highest BCUT2D eigenvalue weighted by Gasteiger charge is 2.58. The average molecular weight is 451 g/mol. The van der Waals surface area contributed by atoms with E-state index in [1.54, 1.807) is 26.0 Å². The van der Waals surface area contributed by atoms with E-state index in [2.05, 4.69) is 0 Å². The van der Waals surface area contributed by atoms with E-state index in [0.29, 0.717) is 24.8 Å². The van der Waals surface area contributed by atoms with Crippen molar-refractivity contribution in [1.82, 2.24) is 0 Å². The van der Waals surface area contributed by atoms with Crippen molar-refractivity contribution in [3.8, 4) is 0 Å². The lowest BCUT2D eigenvalue weighted by molar-refractivity contribution is -0.236. The van der Waals surface area contributed by atoms with Crippen molar-refractivity contribution in [3.05, 3.63) is 23.3 Å². The van der Waals surface area contributed by atoms with E-state index in [9.17, 15) is 19.8 Å². The highest BCUT2D eigenvalue weighted by Crippen LogP contribution is 2.50. The minimum atomic E-state index is -1.61. The molecule has 1 aliphatic carbocycles. The van der Waals surface area contributed by atoms with Crippen LogP contribution in [0.25, 0.3) is 0 Å². The Kier molecular flexibility index (Phi) is 6.95. The van der Waals surface area contributed by atoms with Gasteiger partial charge in [0.05, 0.1) is 25.2 Å². The zero-order chi connectivity index (χ0) is 24.0. The van der Waals surface area contributed by atoms with Gasteiger partial charge < -0.3 is 24.4 Å². The van der Waals surface area contributed by atoms with Gasteiger partial charge in [-0.15, -0.1) is 0 Å². The smallest absolute Gasteiger partial charge is 0.331 e. The van der Waals surface area contributed by atoms with Crippen LogP contribution in [0.5, 0.6) is 0 Å². The molecule has 7 nitrogen and oxygen atoms in total. The summed E-state index contributed by atoms with van der Waals surface area (Å²) in [5.41, 5.74) is 0.804. The van der Waals surface area contributed by atoms with Crippen molar-refractivity contribution >= 4 is 11.9 Å². The Bertz CT molecular complexity index is 815. The van der Waals surface area contributed by atoms with Crippen LogP contribution in [0.2, 0.25) is 0 Å². The lowest BCUT2D eigenvalue weighted by Gasteiger charge is -2.44. The quantitative estimate of drug-likeness (QED) is 0.492. The molecule has 3 rings (SSSR count). The topological polar surface area (TPSA) is 102 Å². The van der Waals surface area contributed by atoms with Gasteiger partial charge in [0.1, 0.15) is 5.60 Å². The fourth-order valence-electron chi connectivity index (χ4n) is 5.75. The number of ether oxygens (including phenoxy) is 3. The number of rotatable bonds is 2. The molecule has 180 valence electrons. The van der Waals surface area contributed by atoms with Crippen molar-refractivity contribution in [2.75, 3.05) is 7.11 Å². The van der Waals surface area contributed by atoms with Crippen molar-refractivity contribution in [1.29, 1.82) is 0 Å². The minimum Gasteiger partial charge on any atom is -0.469 e. The Morgan fingerprint density at radius 3 is 2.56 bits per heavy atom. The number of fused-ring (bicyclic) bond motifs is 2. The standard InChI is InChI=1S/C25H38O7/c1-13(2)17-11-21(27)32-24(6)9-8-15(4)25(29)19(10-14(3)20(26)12-18(17)24)22(16(5)31-25)23(28)30-7/h10-11,13,15-16,18-20,22,26,29H,8-9,12H2,1-7H3. The van der Waals surface area contributed by atoms with Gasteiger partial charge in [-0.1, -0.05) is 32.4 Å². The second-order valence-electron chi connectivity index (χ2n) is 10.3. The van der Waals surface area contributed by atoms with Crippen LogP contribution in [-0.2, 0) is 23.8 Å². The maximum absolute atomic E-state index is 12.6. The fourth-order valence-corrected chi connectivity index (χ4v) is 5.75. The molecule has 0 aromatic rings. The lowest BCUT2D eigenvalue weighted by Crippen LogP contribution is -2.47. The van der Waals surface area contributed by atoms with Crippen LogP contribution >= 0.6 is 0 Å². The first-order valence-electron chi connectivity index (χ1n) is 11.6. The van der Waals surface area contributed by atoms with Gasteiger partial charge in [-0.2, -0.15) is 0 Å². The Hall–Kier alpha value is -1.70. The third kappa shape index (κ3) is 4.27. The van der Waals surface area contributed by atoms with Crippen LogP contribution in [-0.4, -0.2) is 52.9 Å². The van der Waals surface area contributed by atoms with E-state index in [-0.39, 0.29) is 23.7 Å². The molecule has 0 aromatic heterocycles. The third-order valence-electron chi connectivity index (χ3n) is 7.85. The van der Waals surface area contributed by atoms with E-state index in [1.807, 2.05) is 27.7 Å². The summed E-state index contributed by atoms with van der Waals surface area (Å²) >= 11 is 0. The van der Waals surface area contributed by atoms with Crippen molar-refractivity contribution < 1.29 is 34.0 Å². The van der Waals surface area contributed by atoms with Gasteiger partial charge in [0.25, 0.3) is 0 Å². The second-order valence-corrected chi connectivity index (χ2v) is 10.3. The summed E-state index contributed by atoms with van der Waals surface area (Å²) < 4.78 is 16.9. The van der Waals surface area contributed by atoms with Gasteiger partial charge in [-0.3, -0.25) is 4.79 Å². The summed E-state index contributed by atoms with van der Waals surface area (Å²) in [6.07, 6.45) is 3.36. The SMILES string of the molecule is COC(=O)C1C(C)OC2(O)C(C)CCC3(C)OC(=O)C=C(C(C)C)C3CC(O)C(C)=CC12. The molecule has 8 unspecified atom stereocenters. The summed E-state index contributed by atoms with van der Waals surface area (Å²) in [5.74, 6) is -4.15. The number of methoxy groups -OCH3 is 1. The van der Waals surface area contributed by atoms with Crippen molar-refractivity contribution in [2.45, 2.75) is 84.4 Å². The van der Waals surface area contributed by atoms with Crippen molar-refractivity contribution in [2.24, 2.45) is 29.6 Å². The minimum absolute atomic E-state index is 0.127. The molecular formula is C25H38O7. The predicted molar refractivity (Wildman–Crippen MR) is 118 cm³/mol. The fraction of sp³-hybridized carbons (Fsp3) is 0.760. The first-order valence-corrected chi connectivity index (χ1v) is 11.6. The van der Waals surface area contributed by atoms with Gasteiger partial charge >= 0.3 is 11.9 Å². The van der Waals surface area contributed by atoms with E-state index < -0.39 is 41.4 Å². The highest BCUT2D eigenvalue weighted by molar-refractivity contribution is 5.84. The zero-order valence-electron chi connectivity index (χ0n) is 20.3. The van der Waals surface area contributed by atoms with Crippen LogP contribution in [0.15, 0.2) is 23.3 Å². The molecule has 3 aliphatic rings. The monoisotopic (exact) mass is 450 g/mol. The summed E-state index contributed by atoms with van der Waals surface area (Å²) in [7, 11) is 1.33. The molecule has 2 heterocycles. The van der Waals surface area contributed by atoms with Gasteiger partial charge in [-0.25, -0.2) is 4.79 Å².